The molecule has 0 unspecified atom stereocenters. The Morgan fingerprint density at radius 2 is 2.03 bits per heavy atom. The van der Waals surface area contributed by atoms with E-state index in [0.29, 0.717) is 12.5 Å². The second-order valence-corrected chi connectivity index (χ2v) is 7.43. The van der Waals surface area contributed by atoms with Crippen LogP contribution in [0.25, 0.3) is 16.9 Å². The first-order chi connectivity index (χ1) is 16.1. The summed E-state index contributed by atoms with van der Waals surface area (Å²) in [5, 5.41) is 18.3. The van der Waals surface area contributed by atoms with Crippen LogP contribution in [0, 0.1) is 25.2 Å². The third-order valence-corrected chi connectivity index (χ3v) is 4.88. The van der Waals surface area contributed by atoms with Crippen molar-refractivity contribution in [2.24, 2.45) is 5.10 Å². The van der Waals surface area contributed by atoms with Crippen LogP contribution in [0.3, 0.4) is 0 Å². The number of aromatic nitrogens is 3. The average Bonchev–Trinajstić information content (AvgIpc) is 3.42. The minimum Gasteiger partial charge on any atom is -0.493 e. The number of rotatable bonds is 8. The molecule has 4 aromatic rings. The van der Waals surface area contributed by atoms with Crippen molar-refractivity contribution in [2.45, 2.75) is 27.2 Å². The molecule has 8 nitrogen and oxygen atoms in total. The molecule has 0 saturated carbocycles. The van der Waals surface area contributed by atoms with Gasteiger partial charge in [0.15, 0.2) is 5.89 Å². The third kappa shape index (κ3) is 4.93. The number of hydrogen-bond donors (Lipinski definition) is 1. The number of aryl methyl sites for hydroxylation is 2. The number of para-hydroxylation sites is 1. The van der Waals surface area contributed by atoms with Crippen molar-refractivity contribution in [1.29, 1.82) is 5.26 Å². The molecule has 0 atom stereocenters. The lowest BCUT2D eigenvalue weighted by Crippen LogP contribution is -1.98. The number of nitrogens with one attached hydrogen (secondary N) is 1. The number of hydrazone groups is 1. The summed E-state index contributed by atoms with van der Waals surface area (Å²) >= 11 is 0. The number of oxazole rings is 1. The minimum atomic E-state index is 0.156. The largest absolute Gasteiger partial charge is 0.493 e. The van der Waals surface area contributed by atoms with Gasteiger partial charge in [0, 0.05) is 24.2 Å². The van der Waals surface area contributed by atoms with E-state index in [1.54, 1.807) is 13.1 Å². The summed E-state index contributed by atoms with van der Waals surface area (Å²) in [5.41, 5.74) is 7.40. The van der Waals surface area contributed by atoms with E-state index < -0.39 is 0 Å². The van der Waals surface area contributed by atoms with Crippen molar-refractivity contribution in [1.82, 2.24) is 14.8 Å². The average molecular weight is 441 g/mol. The van der Waals surface area contributed by atoms with Gasteiger partial charge in [-0.15, -0.1) is 0 Å². The summed E-state index contributed by atoms with van der Waals surface area (Å²) < 4.78 is 13.0. The Labute approximate surface area is 192 Å². The molecule has 0 amide bonds. The van der Waals surface area contributed by atoms with E-state index in [9.17, 15) is 5.26 Å². The Kier molecular flexibility index (Phi) is 6.51. The van der Waals surface area contributed by atoms with E-state index in [2.05, 4.69) is 28.5 Å². The molecule has 2 aromatic carbocycles. The monoisotopic (exact) mass is 440 g/mol. The number of benzene rings is 2. The SMILES string of the molecule is CCCOc1ccc(-c2nn(-c3ccccc3)cc2C=NNc2oc(C)nc2C#N)cc1C. The van der Waals surface area contributed by atoms with Crippen molar-refractivity contribution in [3.8, 4) is 28.8 Å². The summed E-state index contributed by atoms with van der Waals surface area (Å²) in [5.74, 6) is 1.46. The second-order valence-electron chi connectivity index (χ2n) is 7.43. The molecule has 0 bridgehead atoms. The van der Waals surface area contributed by atoms with E-state index in [0.717, 1.165) is 40.2 Å². The summed E-state index contributed by atoms with van der Waals surface area (Å²) in [4.78, 5) is 4.01. The molecule has 2 heterocycles. The first-order valence-electron chi connectivity index (χ1n) is 10.6. The van der Waals surface area contributed by atoms with Crippen molar-refractivity contribution < 1.29 is 9.15 Å². The maximum atomic E-state index is 9.18. The molecule has 1 N–H and O–H groups in total. The summed E-state index contributed by atoms with van der Waals surface area (Å²) in [6.45, 7) is 6.46. The number of ether oxygens (including phenoxy) is 1. The van der Waals surface area contributed by atoms with Gasteiger partial charge in [-0.05, 0) is 49.2 Å². The Morgan fingerprint density at radius 3 is 2.76 bits per heavy atom. The maximum absolute atomic E-state index is 9.18. The van der Waals surface area contributed by atoms with Crippen molar-refractivity contribution in [3.05, 3.63) is 77.4 Å². The van der Waals surface area contributed by atoms with Gasteiger partial charge in [-0.3, -0.25) is 0 Å². The van der Waals surface area contributed by atoms with Gasteiger partial charge in [0.1, 0.15) is 17.5 Å². The molecular formula is C25H24N6O2. The van der Waals surface area contributed by atoms with Gasteiger partial charge in [-0.2, -0.15) is 15.5 Å². The fraction of sp³-hybridized carbons (Fsp3) is 0.200. The lowest BCUT2D eigenvalue weighted by molar-refractivity contribution is 0.315. The molecule has 0 aliphatic heterocycles. The van der Waals surface area contributed by atoms with Crippen molar-refractivity contribution in [2.75, 3.05) is 12.0 Å². The van der Waals surface area contributed by atoms with Crippen LogP contribution in [0.1, 0.15) is 36.1 Å². The molecule has 0 spiro atoms. The molecule has 166 valence electrons. The Bertz CT molecular complexity index is 1310. The van der Waals surface area contributed by atoms with Crippen LogP contribution in [-0.2, 0) is 0 Å². The van der Waals surface area contributed by atoms with Crippen LogP contribution >= 0.6 is 0 Å². The molecular weight excluding hydrogens is 416 g/mol. The highest BCUT2D eigenvalue weighted by molar-refractivity contribution is 5.89. The lowest BCUT2D eigenvalue weighted by Gasteiger charge is -2.09. The maximum Gasteiger partial charge on any atom is 0.252 e. The topological polar surface area (TPSA) is 101 Å². The molecule has 0 aliphatic carbocycles. The number of nitrogens with zero attached hydrogens (tertiary/aromatic N) is 5. The van der Waals surface area contributed by atoms with E-state index in [1.165, 1.54) is 0 Å². The fourth-order valence-corrected chi connectivity index (χ4v) is 3.33. The molecule has 8 heteroatoms. The molecule has 4 rings (SSSR count). The molecule has 0 aliphatic rings. The van der Waals surface area contributed by atoms with Gasteiger partial charge < -0.3 is 9.15 Å². The zero-order valence-electron chi connectivity index (χ0n) is 18.7. The molecule has 33 heavy (non-hydrogen) atoms. The van der Waals surface area contributed by atoms with Gasteiger partial charge >= 0.3 is 0 Å². The molecule has 2 aromatic heterocycles. The summed E-state index contributed by atoms with van der Waals surface area (Å²) in [7, 11) is 0. The van der Waals surface area contributed by atoms with Crippen LogP contribution < -0.4 is 10.2 Å². The Balaban J connectivity index is 1.69. The fourth-order valence-electron chi connectivity index (χ4n) is 3.33. The van der Waals surface area contributed by atoms with E-state index in [4.69, 9.17) is 14.3 Å². The quantitative estimate of drug-likeness (QED) is 0.297. The Morgan fingerprint density at radius 1 is 1.21 bits per heavy atom. The summed E-state index contributed by atoms with van der Waals surface area (Å²) in [6, 6.07) is 17.9. The standard InChI is InChI=1S/C25H24N6O2/c1-4-12-32-23-11-10-19(13-17(23)2)24-20(16-31(30-24)21-8-6-5-7-9-21)15-27-29-25-22(14-26)28-18(3)33-25/h5-11,13,15-16,29H,4,12H2,1-3H3. The normalized spacial score (nSPS) is 11.0. The highest BCUT2D eigenvalue weighted by atomic mass is 16.5. The highest BCUT2D eigenvalue weighted by Crippen LogP contribution is 2.28. The number of anilines is 1. The predicted molar refractivity (Wildman–Crippen MR) is 127 cm³/mol. The minimum absolute atomic E-state index is 0.156. The zero-order valence-corrected chi connectivity index (χ0v) is 18.7. The molecule has 0 fully saturated rings. The zero-order chi connectivity index (χ0) is 23.2. The van der Waals surface area contributed by atoms with Crippen LogP contribution in [0.5, 0.6) is 5.75 Å². The van der Waals surface area contributed by atoms with Crippen molar-refractivity contribution >= 4 is 12.1 Å². The van der Waals surface area contributed by atoms with E-state index >= 15 is 0 Å². The first kappa shape index (κ1) is 21.8. The number of hydrogen-bond acceptors (Lipinski definition) is 7. The van der Waals surface area contributed by atoms with Crippen molar-refractivity contribution in [3.63, 3.8) is 0 Å². The Hall–Kier alpha value is -4.38. The smallest absolute Gasteiger partial charge is 0.252 e. The van der Waals surface area contributed by atoms with Gasteiger partial charge in [-0.25, -0.2) is 15.1 Å². The number of nitriles is 1. The van der Waals surface area contributed by atoms with Crippen LogP contribution in [0.4, 0.5) is 5.88 Å². The van der Waals surface area contributed by atoms with Gasteiger partial charge in [0.05, 0.1) is 18.5 Å². The van der Waals surface area contributed by atoms with Gasteiger partial charge in [0.25, 0.3) is 5.88 Å². The predicted octanol–water partition coefficient (Wildman–Crippen LogP) is 5.25. The second kappa shape index (κ2) is 9.83. The lowest BCUT2D eigenvalue weighted by atomic mass is 10.1. The van der Waals surface area contributed by atoms with Gasteiger partial charge in [-0.1, -0.05) is 25.1 Å². The van der Waals surface area contributed by atoms with Gasteiger partial charge in [0.2, 0.25) is 5.69 Å². The van der Waals surface area contributed by atoms with Crippen LogP contribution in [-0.4, -0.2) is 27.6 Å². The summed E-state index contributed by atoms with van der Waals surface area (Å²) in [6.07, 6.45) is 4.51. The van der Waals surface area contributed by atoms with Crippen LogP contribution in [0.15, 0.2) is 64.2 Å². The first-order valence-corrected chi connectivity index (χ1v) is 10.6. The van der Waals surface area contributed by atoms with Crippen LogP contribution in [0.2, 0.25) is 0 Å². The highest BCUT2D eigenvalue weighted by Gasteiger charge is 2.14. The third-order valence-electron chi connectivity index (χ3n) is 4.88. The van der Waals surface area contributed by atoms with E-state index in [-0.39, 0.29) is 11.6 Å². The molecule has 0 saturated heterocycles. The molecule has 0 radical (unpaired) electrons. The van der Waals surface area contributed by atoms with E-state index in [1.807, 2.05) is 66.3 Å².